The van der Waals surface area contributed by atoms with E-state index < -0.39 is 0 Å². The number of fused-ring (bicyclic) bond motifs is 9. The molecular weight excluding hydrogens is 815 g/mol. The number of benzene rings is 12. The number of nitrogens with zero attached hydrogens (tertiary/aromatic N) is 1. The van der Waals surface area contributed by atoms with Gasteiger partial charge in [0.05, 0.1) is 11.4 Å². The van der Waals surface area contributed by atoms with Crippen LogP contribution in [0.1, 0.15) is 0 Å². The Bertz CT molecular complexity index is 3980. The quantitative estimate of drug-likeness (QED) is 0.144. The van der Waals surface area contributed by atoms with Gasteiger partial charge in [0, 0.05) is 36.8 Å². The first kappa shape index (κ1) is 38.2. The molecule has 13 aromatic rings. The second kappa shape index (κ2) is 15.7. The Morgan fingerprint density at radius 1 is 0.273 bits per heavy atom. The molecule has 0 spiro atoms. The highest BCUT2D eigenvalue weighted by molar-refractivity contribution is 7.26. The molecule has 0 saturated heterocycles. The molecule has 13 rings (SSSR count). The lowest BCUT2D eigenvalue weighted by atomic mass is 9.84. The van der Waals surface area contributed by atoms with Crippen molar-refractivity contribution in [3.63, 3.8) is 0 Å². The zero-order valence-corrected chi connectivity index (χ0v) is 36.8. The van der Waals surface area contributed by atoms with Gasteiger partial charge in [0.25, 0.3) is 0 Å². The molecule has 0 aliphatic rings. The number of rotatable bonds is 7. The van der Waals surface area contributed by atoms with Crippen LogP contribution in [0.15, 0.2) is 249 Å². The van der Waals surface area contributed by atoms with E-state index in [1.165, 1.54) is 96.6 Å². The molecular formula is C64H41NS. The number of anilines is 3. The molecule has 0 radical (unpaired) electrons. The van der Waals surface area contributed by atoms with Crippen LogP contribution in [0.5, 0.6) is 0 Å². The average Bonchev–Trinajstić information content (AvgIpc) is 3.78. The molecule has 1 heterocycles. The number of para-hydroxylation sites is 1. The van der Waals surface area contributed by atoms with Crippen molar-refractivity contribution in [1.82, 2.24) is 0 Å². The highest BCUT2D eigenvalue weighted by Gasteiger charge is 2.23. The maximum atomic E-state index is 2.49. The first-order chi connectivity index (χ1) is 32.8. The predicted molar refractivity (Wildman–Crippen MR) is 286 cm³/mol. The molecule has 12 aromatic carbocycles. The monoisotopic (exact) mass is 855 g/mol. The van der Waals surface area contributed by atoms with E-state index in [2.05, 4.69) is 254 Å². The second-order valence-corrected chi connectivity index (χ2v) is 18.2. The third-order valence-corrected chi connectivity index (χ3v) is 14.7. The van der Waals surface area contributed by atoms with Crippen molar-refractivity contribution in [1.29, 1.82) is 0 Å². The largest absolute Gasteiger partial charge is 0.309 e. The molecule has 1 aromatic heterocycles. The number of hydrogen-bond acceptors (Lipinski definition) is 2. The van der Waals surface area contributed by atoms with Gasteiger partial charge in [0.1, 0.15) is 0 Å². The maximum Gasteiger partial charge on any atom is 0.0546 e. The summed E-state index contributed by atoms with van der Waals surface area (Å²) in [6, 6.07) is 91.6. The van der Waals surface area contributed by atoms with Gasteiger partial charge in [-0.15, -0.1) is 11.3 Å². The fourth-order valence-electron chi connectivity index (χ4n) is 10.5. The summed E-state index contributed by atoms with van der Waals surface area (Å²) < 4.78 is 2.64. The van der Waals surface area contributed by atoms with Gasteiger partial charge in [-0.2, -0.15) is 0 Å². The van der Waals surface area contributed by atoms with Gasteiger partial charge in [-0.1, -0.05) is 212 Å². The lowest BCUT2D eigenvalue weighted by Crippen LogP contribution is -2.12. The topological polar surface area (TPSA) is 3.24 Å². The van der Waals surface area contributed by atoms with Gasteiger partial charge in [-0.3, -0.25) is 0 Å². The molecule has 2 heteroatoms. The van der Waals surface area contributed by atoms with Gasteiger partial charge in [0.15, 0.2) is 0 Å². The highest BCUT2D eigenvalue weighted by Crippen LogP contribution is 2.49. The Hall–Kier alpha value is -8.30. The van der Waals surface area contributed by atoms with Crippen molar-refractivity contribution in [3.8, 4) is 44.5 Å². The summed E-state index contributed by atoms with van der Waals surface area (Å²) in [5.41, 5.74) is 13.0. The van der Waals surface area contributed by atoms with E-state index in [-0.39, 0.29) is 0 Å². The van der Waals surface area contributed by atoms with Gasteiger partial charge < -0.3 is 4.90 Å². The van der Waals surface area contributed by atoms with Gasteiger partial charge >= 0.3 is 0 Å². The van der Waals surface area contributed by atoms with E-state index in [1.54, 1.807) is 0 Å². The van der Waals surface area contributed by atoms with Crippen molar-refractivity contribution in [3.05, 3.63) is 249 Å². The lowest BCUT2D eigenvalue weighted by molar-refractivity contribution is 1.30. The minimum Gasteiger partial charge on any atom is -0.309 e. The van der Waals surface area contributed by atoms with Gasteiger partial charge in [-0.25, -0.2) is 0 Å². The lowest BCUT2D eigenvalue weighted by Gasteiger charge is -2.30. The zero-order chi connectivity index (χ0) is 43.6. The van der Waals surface area contributed by atoms with Crippen LogP contribution in [0.25, 0.3) is 108 Å². The molecule has 0 aliphatic heterocycles. The van der Waals surface area contributed by atoms with Crippen LogP contribution in [0.3, 0.4) is 0 Å². The molecule has 66 heavy (non-hydrogen) atoms. The van der Waals surface area contributed by atoms with Gasteiger partial charge in [-0.05, 0) is 113 Å². The molecule has 0 aliphatic carbocycles. The second-order valence-electron chi connectivity index (χ2n) is 17.1. The summed E-state index contributed by atoms with van der Waals surface area (Å²) in [6.07, 6.45) is 0. The molecule has 0 saturated carbocycles. The predicted octanol–water partition coefficient (Wildman–Crippen LogP) is 18.8. The fourth-order valence-corrected chi connectivity index (χ4v) is 11.7. The van der Waals surface area contributed by atoms with E-state index in [1.807, 2.05) is 11.3 Å². The first-order valence-corrected chi connectivity index (χ1v) is 23.5. The highest BCUT2D eigenvalue weighted by atomic mass is 32.1. The standard InChI is InChI=1S/C64H41NS/c1-3-18-43(19-4-1)62-56-29-12-10-26-52(56)53-39-36-46(40-58(53)63(62)44-20-5-2-6-21-44)49-24-13-15-32-59(49)65(60-41-45-22-7-8-23-48(45)51-25-9-11-27-54(51)60)47-37-34-42(35-38-47)50-30-17-31-57-55-28-14-16-33-61(55)66-64(50)57/h1-41H. The summed E-state index contributed by atoms with van der Waals surface area (Å²) in [5, 5.41) is 12.5. The normalized spacial score (nSPS) is 11.6. The first-order valence-electron chi connectivity index (χ1n) is 22.7. The van der Waals surface area contributed by atoms with Crippen LogP contribution >= 0.6 is 11.3 Å². The van der Waals surface area contributed by atoms with Crippen LogP contribution in [-0.2, 0) is 0 Å². The Morgan fingerprint density at radius 2 is 0.803 bits per heavy atom. The van der Waals surface area contributed by atoms with E-state index in [0.717, 1.165) is 28.2 Å². The van der Waals surface area contributed by atoms with E-state index in [0.29, 0.717) is 0 Å². The number of hydrogen-bond donors (Lipinski definition) is 0. The average molecular weight is 856 g/mol. The van der Waals surface area contributed by atoms with Crippen LogP contribution in [0, 0.1) is 0 Å². The molecule has 0 atom stereocenters. The minimum absolute atomic E-state index is 1.10. The molecule has 0 unspecified atom stereocenters. The van der Waals surface area contributed by atoms with Crippen LogP contribution in [0.2, 0.25) is 0 Å². The van der Waals surface area contributed by atoms with Crippen molar-refractivity contribution in [2.45, 2.75) is 0 Å². The molecule has 0 fully saturated rings. The summed E-state index contributed by atoms with van der Waals surface area (Å²) in [7, 11) is 0. The molecule has 0 N–H and O–H groups in total. The van der Waals surface area contributed by atoms with E-state index in [9.17, 15) is 0 Å². The van der Waals surface area contributed by atoms with Crippen LogP contribution in [0.4, 0.5) is 17.1 Å². The van der Waals surface area contributed by atoms with Crippen molar-refractivity contribution >= 4 is 91.7 Å². The van der Waals surface area contributed by atoms with E-state index >= 15 is 0 Å². The number of thiophene rings is 1. The minimum atomic E-state index is 1.10. The molecule has 0 bridgehead atoms. The van der Waals surface area contributed by atoms with Crippen LogP contribution < -0.4 is 4.90 Å². The van der Waals surface area contributed by atoms with Crippen molar-refractivity contribution in [2.75, 3.05) is 4.90 Å². The summed E-state index contributed by atoms with van der Waals surface area (Å²) in [4.78, 5) is 2.49. The van der Waals surface area contributed by atoms with Crippen molar-refractivity contribution in [2.24, 2.45) is 0 Å². The van der Waals surface area contributed by atoms with E-state index in [4.69, 9.17) is 0 Å². The van der Waals surface area contributed by atoms with Crippen LogP contribution in [-0.4, -0.2) is 0 Å². The maximum absolute atomic E-state index is 2.49. The smallest absolute Gasteiger partial charge is 0.0546 e. The van der Waals surface area contributed by atoms with Gasteiger partial charge in [0.2, 0.25) is 0 Å². The summed E-state index contributed by atoms with van der Waals surface area (Å²) in [6.45, 7) is 0. The summed E-state index contributed by atoms with van der Waals surface area (Å²) >= 11 is 1.88. The summed E-state index contributed by atoms with van der Waals surface area (Å²) in [5.74, 6) is 0. The molecule has 1 nitrogen and oxygen atoms in total. The zero-order valence-electron chi connectivity index (χ0n) is 36.0. The Morgan fingerprint density at radius 3 is 1.56 bits per heavy atom. The Kier molecular flexibility index (Phi) is 9.11. The molecule has 308 valence electrons. The molecule has 0 amide bonds. The third-order valence-electron chi connectivity index (χ3n) is 13.4. The Labute approximate surface area is 387 Å². The Balaban J connectivity index is 1.06. The van der Waals surface area contributed by atoms with Crippen molar-refractivity contribution < 1.29 is 0 Å². The fraction of sp³-hybridized carbons (Fsp3) is 0. The third kappa shape index (κ3) is 6.22. The SMILES string of the molecule is c1ccc(-c2c(-c3ccccc3)c3cc(-c4ccccc4N(c4ccc(-c5cccc6c5sc5ccccc56)cc4)c4cc5ccccc5c5ccccc45)ccc3c3ccccc23)cc1.